The van der Waals surface area contributed by atoms with Crippen LogP contribution in [0.2, 0.25) is 0 Å². The van der Waals surface area contributed by atoms with Crippen molar-refractivity contribution < 1.29 is 4.74 Å². The monoisotopic (exact) mass is 255 g/mol. The van der Waals surface area contributed by atoms with E-state index in [1.165, 1.54) is 50.0 Å². The van der Waals surface area contributed by atoms with E-state index < -0.39 is 0 Å². The van der Waals surface area contributed by atoms with Gasteiger partial charge < -0.3 is 10.1 Å². The van der Waals surface area contributed by atoms with Gasteiger partial charge in [-0.25, -0.2) is 0 Å². The summed E-state index contributed by atoms with van der Waals surface area (Å²) >= 11 is 2.09. The zero-order valence-corrected chi connectivity index (χ0v) is 11.7. The minimum absolute atomic E-state index is 0.248. The Balaban J connectivity index is 1.52. The van der Waals surface area contributed by atoms with E-state index >= 15 is 0 Å². The second kappa shape index (κ2) is 5.10. The normalized spacial score (nSPS) is 40.4. The van der Waals surface area contributed by atoms with Crippen LogP contribution in [0.3, 0.4) is 0 Å². The number of thioether (sulfide) groups is 1. The molecule has 1 N–H and O–H groups in total. The van der Waals surface area contributed by atoms with Crippen molar-refractivity contribution in [3.8, 4) is 0 Å². The van der Waals surface area contributed by atoms with E-state index in [-0.39, 0.29) is 5.60 Å². The second-order valence-corrected chi connectivity index (χ2v) is 7.24. The Morgan fingerprint density at radius 1 is 1.35 bits per heavy atom. The van der Waals surface area contributed by atoms with E-state index in [4.69, 9.17) is 4.74 Å². The lowest BCUT2D eigenvalue weighted by Crippen LogP contribution is -2.49. The molecule has 0 radical (unpaired) electrons. The Kier molecular flexibility index (Phi) is 3.69. The summed E-state index contributed by atoms with van der Waals surface area (Å²) in [6.07, 6.45) is 7.80. The average Bonchev–Trinajstić information content (AvgIpc) is 3.08. The topological polar surface area (TPSA) is 21.3 Å². The predicted octanol–water partition coefficient (Wildman–Crippen LogP) is 2.82. The van der Waals surface area contributed by atoms with Crippen LogP contribution in [-0.2, 0) is 4.74 Å². The van der Waals surface area contributed by atoms with Gasteiger partial charge in [0, 0.05) is 18.7 Å². The molecule has 3 fully saturated rings. The lowest BCUT2D eigenvalue weighted by molar-refractivity contribution is -0.0934. The van der Waals surface area contributed by atoms with Crippen LogP contribution >= 0.6 is 11.8 Å². The predicted molar refractivity (Wildman–Crippen MR) is 73.6 cm³/mol. The molecule has 1 spiro atoms. The van der Waals surface area contributed by atoms with E-state index in [1.54, 1.807) is 0 Å². The molecular formula is C14H25NOS. The van der Waals surface area contributed by atoms with Crippen molar-refractivity contribution in [2.45, 2.75) is 63.1 Å². The maximum Gasteiger partial charge on any atom is 0.0713 e. The first-order valence-electron chi connectivity index (χ1n) is 7.29. The molecule has 17 heavy (non-hydrogen) atoms. The summed E-state index contributed by atoms with van der Waals surface area (Å²) in [6.45, 7) is 3.29. The molecule has 3 aliphatic rings. The first kappa shape index (κ1) is 12.3. The van der Waals surface area contributed by atoms with Gasteiger partial charge in [0.2, 0.25) is 0 Å². The Hall–Kier alpha value is 0.270. The molecule has 3 unspecified atom stereocenters. The standard InChI is InChI=1S/C14H25NOS/c1-2-11-9-13(11)15-12-3-6-16-14(10-12)4-7-17-8-5-14/h11-13,15H,2-10H2,1H3. The number of nitrogens with one attached hydrogen (secondary N) is 1. The van der Waals surface area contributed by atoms with Crippen LogP contribution in [0.25, 0.3) is 0 Å². The van der Waals surface area contributed by atoms with E-state index in [0.717, 1.165) is 24.6 Å². The minimum Gasteiger partial charge on any atom is -0.375 e. The van der Waals surface area contributed by atoms with Gasteiger partial charge in [-0.1, -0.05) is 13.3 Å². The van der Waals surface area contributed by atoms with Gasteiger partial charge in [0.25, 0.3) is 0 Å². The lowest BCUT2D eigenvalue weighted by Gasteiger charge is -2.43. The number of ether oxygens (including phenoxy) is 1. The molecule has 2 saturated heterocycles. The summed E-state index contributed by atoms with van der Waals surface area (Å²) in [7, 11) is 0. The van der Waals surface area contributed by atoms with Gasteiger partial charge >= 0.3 is 0 Å². The molecule has 0 bridgehead atoms. The van der Waals surface area contributed by atoms with E-state index in [0.29, 0.717) is 0 Å². The molecule has 3 heteroatoms. The van der Waals surface area contributed by atoms with Crippen LogP contribution in [0.15, 0.2) is 0 Å². The summed E-state index contributed by atoms with van der Waals surface area (Å²) in [4.78, 5) is 0. The highest BCUT2D eigenvalue weighted by Crippen LogP contribution is 2.39. The fourth-order valence-corrected chi connectivity index (χ4v) is 4.70. The number of hydrogen-bond acceptors (Lipinski definition) is 3. The van der Waals surface area contributed by atoms with Gasteiger partial charge in [0.15, 0.2) is 0 Å². The maximum absolute atomic E-state index is 6.14. The summed E-state index contributed by atoms with van der Waals surface area (Å²) < 4.78 is 6.14. The van der Waals surface area contributed by atoms with Crippen LogP contribution in [0.1, 0.15) is 45.4 Å². The average molecular weight is 255 g/mol. The molecule has 1 aliphatic carbocycles. The van der Waals surface area contributed by atoms with Crippen molar-refractivity contribution in [2.75, 3.05) is 18.1 Å². The highest BCUT2D eigenvalue weighted by atomic mass is 32.2. The van der Waals surface area contributed by atoms with Crippen LogP contribution in [0.5, 0.6) is 0 Å². The Bertz CT molecular complexity index is 259. The lowest BCUT2D eigenvalue weighted by atomic mass is 9.85. The first-order valence-corrected chi connectivity index (χ1v) is 8.44. The summed E-state index contributed by atoms with van der Waals surface area (Å²) in [5, 5.41) is 3.88. The van der Waals surface area contributed by atoms with Crippen LogP contribution in [0.4, 0.5) is 0 Å². The van der Waals surface area contributed by atoms with Crippen molar-refractivity contribution in [1.29, 1.82) is 0 Å². The van der Waals surface area contributed by atoms with Gasteiger partial charge in [-0.3, -0.25) is 0 Å². The fourth-order valence-electron chi connectivity index (χ4n) is 3.47. The smallest absolute Gasteiger partial charge is 0.0713 e. The molecule has 3 rings (SSSR count). The second-order valence-electron chi connectivity index (χ2n) is 6.01. The molecule has 2 nitrogen and oxygen atoms in total. The van der Waals surface area contributed by atoms with Gasteiger partial charge in [-0.15, -0.1) is 0 Å². The quantitative estimate of drug-likeness (QED) is 0.838. The van der Waals surface area contributed by atoms with Crippen LogP contribution in [-0.4, -0.2) is 35.8 Å². The first-order chi connectivity index (χ1) is 8.31. The molecule has 98 valence electrons. The molecule has 0 aromatic rings. The third-order valence-corrected chi connectivity index (χ3v) is 5.78. The minimum atomic E-state index is 0.248. The van der Waals surface area contributed by atoms with Crippen LogP contribution < -0.4 is 5.32 Å². The molecule has 1 saturated carbocycles. The van der Waals surface area contributed by atoms with Crippen molar-refractivity contribution in [3.63, 3.8) is 0 Å². The van der Waals surface area contributed by atoms with Crippen molar-refractivity contribution in [3.05, 3.63) is 0 Å². The molecule has 3 atom stereocenters. The fraction of sp³-hybridized carbons (Fsp3) is 1.00. The molecule has 0 aromatic carbocycles. The van der Waals surface area contributed by atoms with E-state index in [1.807, 2.05) is 0 Å². The molecule has 0 amide bonds. The van der Waals surface area contributed by atoms with Gasteiger partial charge in [0.1, 0.15) is 0 Å². The zero-order valence-electron chi connectivity index (χ0n) is 10.9. The number of rotatable bonds is 3. The summed E-state index contributed by atoms with van der Waals surface area (Å²) in [5.41, 5.74) is 0.248. The highest BCUT2D eigenvalue weighted by molar-refractivity contribution is 7.99. The Morgan fingerprint density at radius 2 is 2.18 bits per heavy atom. The Labute approximate surface area is 109 Å². The molecule has 0 aromatic heterocycles. The Morgan fingerprint density at radius 3 is 2.88 bits per heavy atom. The van der Waals surface area contributed by atoms with E-state index in [9.17, 15) is 0 Å². The van der Waals surface area contributed by atoms with Crippen molar-refractivity contribution in [2.24, 2.45) is 5.92 Å². The van der Waals surface area contributed by atoms with E-state index in [2.05, 4.69) is 24.0 Å². The summed E-state index contributed by atoms with van der Waals surface area (Å²) in [6, 6.07) is 1.56. The maximum atomic E-state index is 6.14. The van der Waals surface area contributed by atoms with Gasteiger partial charge in [0.05, 0.1) is 5.60 Å². The zero-order chi connectivity index (χ0) is 11.7. The highest BCUT2D eigenvalue weighted by Gasteiger charge is 2.42. The SMILES string of the molecule is CCC1CC1NC1CCOC2(CCSCC2)C1. The molecule has 2 aliphatic heterocycles. The van der Waals surface area contributed by atoms with Gasteiger partial charge in [-0.2, -0.15) is 11.8 Å². The van der Waals surface area contributed by atoms with Gasteiger partial charge in [-0.05, 0) is 49.5 Å². The van der Waals surface area contributed by atoms with Crippen molar-refractivity contribution in [1.82, 2.24) is 5.32 Å². The third kappa shape index (κ3) is 2.82. The van der Waals surface area contributed by atoms with Crippen LogP contribution in [0, 0.1) is 5.92 Å². The third-order valence-electron chi connectivity index (χ3n) is 4.79. The van der Waals surface area contributed by atoms with Crippen molar-refractivity contribution >= 4 is 11.8 Å². The number of hydrogen-bond donors (Lipinski definition) is 1. The summed E-state index contributed by atoms with van der Waals surface area (Å²) in [5.74, 6) is 3.57. The molecule has 2 heterocycles. The largest absolute Gasteiger partial charge is 0.375 e. The molecular weight excluding hydrogens is 230 g/mol.